The van der Waals surface area contributed by atoms with Gasteiger partial charge < -0.3 is 20.5 Å². The molecule has 3 aromatic carbocycles. The molecule has 0 aliphatic heterocycles. The molecule has 3 aromatic rings. The van der Waals surface area contributed by atoms with Crippen LogP contribution in [0.4, 0.5) is 0 Å². The van der Waals surface area contributed by atoms with Crippen molar-refractivity contribution in [3.05, 3.63) is 96.1 Å². The number of primary amides is 1. The standard InChI is InChI=1S/C27H28N2O5/c28-25(30)18-17-24(27(32)33)29(19-7-10-20-8-3-1-4-9-20)26(31)21-13-15-23(16-14-21)34-22-11-5-2-6-12-22/h1-6,8-9,11-16,24H,7,10,17-19H2,(H2,28,30)(H,32,33)/t24-/m0/s1. The highest BCUT2D eigenvalue weighted by Crippen LogP contribution is 2.22. The molecule has 2 amide bonds. The maximum Gasteiger partial charge on any atom is 0.326 e. The molecule has 0 saturated heterocycles. The van der Waals surface area contributed by atoms with Crippen molar-refractivity contribution < 1.29 is 24.2 Å². The van der Waals surface area contributed by atoms with Crippen molar-refractivity contribution in [2.24, 2.45) is 5.73 Å². The quantitative estimate of drug-likeness (QED) is 0.419. The molecule has 0 aliphatic rings. The lowest BCUT2D eigenvalue weighted by Crippen LogP contribution is -2.46. The van der Waals surface area contributed by atoms with Crippen molar-refractivity contribution >= 4 is 17.8 Å². The van der Waals surface area contributed by atoms with Gasteiger partial charge in [-0.1, -0.05) is 48.5 Å². The Kier molecular flexibility index (Phi) is 8.80. The number of nitrogens with zero attached hydrogens (tertiary/aromatic N) is 1. The van der Waals surface area contributed by atoms with Gasteiger partial charge in [0.25, 0.3) is 5.91 Å². The van der Waals surface area contributed by atoms with Crippen LogP contribution in [0.25, 0.3) is 0 Å². The van der Waals surface area contributed by atoms with E-state index >= 15 is 0 Å². The molecule has 3 rings (SSSR count). The van der Waals surface area contributed by atoms with Crippen LogP contribution >= 0.6 is 0 Å². The van der Waals surface area contributed by atoms with Gasteiger partial charge in [0.2, 0.25) is 5.91 Å². The number of rotatable bonds is 12. The maximum atomic E-state index is 13.4. The van der Waals surface area contributed by atoms with Crippen molar-refractivity contribution in [3.63, 3.8) is 0 Å². The molecule has 1 atom stereocenters. The number of hydrogen-bond donors (Lipinski definition) is 2. The Morgan fingerprint density at radius 2 is 1.44 bits per heavy atom. The molecule has 0 unspecified atom stereocenters. The minimum atomic E-state index is -1.17. The second kappa shape index (κ2) is 12.2. The van der Waals surface area contributed by atoms with Crippen LogP contribution < -0.4 is 10.5 Å². The van der Waals surface area contributed by atoms with E-state index in [1.54, 1.807) is 24.3 Å². The minimum Gasteiger partial charge on any atom is -0.480 e. The Balaban J connectivity index is 1.76. The summed E-state index contributed by atoms with van der Waals surface area (Å²) in [6.45, 7) is 0.228. The molecular formula is C27H28N2O5. The fraction of sp³-hybridized carbons (Fsp3) is 0.222. The molecule has 0 radical (unpaired) electrons. The van der Waals surface area contributed by atoms with Gasteiger partial charge in [0.05, 0.1) is 0 Å². The number of aliphatic carboxylic acids is 1. The molecule has 0 aromatic heterocycles. The Morgan fingerprint density at radius 1 is 0.853 bits per heavy atom. The van der Waals surface area contributed by atoms with E-state index in [9.17, 15) is 19.5 Å². The fourth-order valence-electron chi connectivity index (χ4n) is 3.64. The number of aryl methyl sites for hydroxylation is 1. The highest BCUT2D eigenvalue weighted by Gasteiger charge is 2.30. The Labute approximate surface area is 198 Å². The average molecular weight is 461 g/mol. The van der Waals surface area contributed by atoms with E-state index in [0.717, 1.165) is 5.56 Å². The second-order valence-corrected chi connectivity index (χ2v) is 7.89. The van der Waals surface area contributed by atoms with E-state index in [1.807, 2.05) is 60.7 Å². The first-order valence-electron chi connectivity index (χ1n) is 11.1. The van der Waals surface area contributed by atoms with Crippen molar-refractivity contribution in [1.29, 1.82) is 0 Å². The van der Waals surface area contributed by atoms with Crippen LogP contribution in [0, 0.1) is 0 Å². The molecule has 176 valence electrons. The predicted molar refractivity (Wildman–Crippen MR) is 129 cm³/mol. The average Bonchev–Trinajstić information content (AvgIpc) is 2.84. The van der Waals surface area contributed by atoms with Gasteiger partial charge in [-0.3, -0.25) is 9.59 Å². The third-order valence-electron chi connectivity index (χ3n) is 5.37. The third kappa shape index (κ3) is 7.20. The lowest BCUT2D eigenvalue weighted by atomic mass is 10.0. The zero-order valence-electron chi connectivity index (χ0n) is 18.8. The van der Waals surface area contributed by atoms with Gasteiger partial charge in [-0.05, 0) is 61.2 Å². The number of benzene rings is 3. The van der Waals surface area contributed by atoms with Gasteiger partial charge in [0.1, 0.15) is 17.5 Å². The molecule has 0 spiro atoms. The minimum absolute atomic E-state index is 0.0447. The number of carbonyl (C=O) groups is 3. The number of carboxylic acids is 1. The summed E-state index contributed by atoms with van der Waals surface area (Å²) < 4.78 is 5.77. The first kappa shape index (κ1) is 24.5. The summed E-state index contributed by atoms with van der Waals surface area (Å²) in [5.41, 5.74) is 6.67. The van der Waals surface area contributed by atoms with E-state index < -0.39 is 23.8 Å². The number of carbonyl (C=O) groups excluding carboxylic acids is 2. The van der Waals surface area contributed by atoms with E-state index in [-0.39, 0.29) is 19.4 Å². The molecule has 3 N–H and O–H groups in total. The molecule has 7 heteroatoms. The van der Waals surface area contributed by atoms with Crippen LogP contribution in [0.5, 0.6) is 11.5 Å². The van der Waals surface area contributed by atoms with Crippen molar-refractivity contribution in [1.82, 2.24) is 4.90 Å². The molecule has 0 fully saturated rings. The molecule has 0 saturated carbocycles. The van der Waals surface area contributed by atoms with Crippen LogP contribution in [0.15, 0.2) is 84.9 Å². The normalized spacial score (nSPS) is 11.4. The lowest BCUT2D eigenvalue weighted by molar-refractivity contribution is -0.142. The highest BCUT2D eigenvalue weighted by molar-refractivity contribution is 5.96. The summed E-state index contributed by atoms with van der Waals surface area (Å²) in [4.78, 5) is 38.0. The fourth-order valence-corrected chi connectivity index (χ4v) is 3.64. The van der Waals surface area contributed by atoms with Crippen LogP contribution in [0.2, 0.25) is 0 Å². The number of carboxylic acid groups (broad SMARTS) is 1. The van der Waals surface area contributed by atoms with Crippen molar-refractivity contribution in [3.8, 4) is 11.5 Å². The molecule has 7 nitrogen and oxygen atoms in total. The number of nitrogens with two attached hydrogens (primary N) is 1. The van der Waals surface area contributed by atoms with Gasteiger partial charge in [0, 0.05) is 18.5 Å². The van der Waals surface area contributed by atoms with Crippen LogP contribution in [-0.4, -0.2) is 40.4 Å². The summed E-state index contributed by atoms with van der Waals surface area (Å²) in [6.07, 6.45) is 1.10. The zero-order chi connectivity index (χ0) is 24.3. The molecule has 0 aliphatic carbocycles. The number of ether oxygens (including phenoxy) is 1. The van der Waals surface area contributed by atoms with Crippen molar-refractivity contribution in [2.45, 2.75) is 31.7 Å². The second-order valence-electron chi connectivity index (χ2n) is 7.89. The summed E-state index contributed by atoms with van der Waals surface area (Å²) in [7, 11) is 0. The van der Waals surface area contributed by atoms with Crippen molar-refractivity contribution in [2.75, 3.05) is 6.54 Å². The molecule has 0 heterocycles. The van der Waals surface area contributed by atoms with Gasteiger partial charge >= 0.3 is 5.97 Å². The number of amides is 2. The lowest BCUT2D eigenvalue weighted by Gasteiger charge is -2.29. The SMILES string of the molecule is NC(=O)CC[C@@H](C(=O)O)N(CCCc1ccccc1)C(=O)c1ccc(Oc2ccccc2)cc1. The summed E-state index contributed by atoms with van der Waals surface area (Å²) in [5.74, 6) is -0.969. The summed E-state index contributed by atoms with van der Waals surface area (Å²) >= 11 is 0. The van der Waals surface area contributed by atoms with Gasteiger partial charge in [-0.2, -0.15) is 0 Å². The van der Waals surface area contributed by atoms with Crippen LogP contribution in [0.1, 0.15) is 35.2 Å². The molecule has 34 heavy (non-hydrogen) atoms. The van der Waals surface area contributed by atoms with E-state index in [1.165, 1.54) is 4.90 Å². The van der Waals surface area contributed by atoms with E-state index in [4.69, 9.17) is 10.5 Å². The summed E-state index contributed by atoms with van der Waals surface area (Å²) in [6, 6.07) is 24.4. The topological polar surface area (TPSA) is 110 Å². The Morgan fingerprint density at radius 3 is 2.03 bits per heavy atom. The number of para-hydroxylation sites is 1. The predicted octanol–water partition coefficient (Wildman–Crippen LogP) is 4.27. The van der Waals surface area contributed by atoms with Gasteiger partial charge in [0.15, 0.2) is 0 Å². The monoisotopic (exact) mass is 460 g/mol. The molecular weight excluding hydrogens is 432 g/mol. The third-order valence-corrected chi connectivity index (χ3v) is 5.37. The first-order chi connectivity index (χ1) is 16.4. The molecule has 0 bridgehead atoms. The maximum absolute atomic E-state index is 13.4. The van der Waals surface area contributed by atoms with E-state index in [0.29, 0.717) is 29.9 Å². The van der Waals surface area contributed by atoms with Crippen LogP contribution in [0.3, 0.4) is 0 Å². The highest BCUT2D eigenvalue weighted by atomic mass is 16.5. The van der Waals surface area contributed by atoms with E-state index in [2.05, 4.69) is 0 Å². The smallest absolute Gasteiger partial charge is 0.326 e. The largest absolute Gasteiger partial charge is 0.480 e. The zero-order valence-corrected chi connectivity index (χ0v) is 18.8. The summed E-state index contributed by atoms with van der Waals surface area (Å²) in [5, 5.41) is 9.81. The Bertz CT molecular complexity index is 1090. The van der Waals surface area contributed by atoms with Gasteiger partial charge in [-0.15, -0.1) is 0 Å². The Hall–Kier alpha value is -4.13. The van der Waals surface area contributed by atoms with Gasteiger partial charge in [-0.25, -0.2) is 4.79 Å². The van der Waals surface area contributed by atoms with Crippen LogP contribution in [-0.2, 0) is 16.0 Å². The number of hydrogen-bond acceptors (Lipinski definition) is 4. The first-order valence-corrected chi connectivity index (χ1v) is 11.1.